The molecule has 8 heteroatoms. The van der Waals surface area contributed by atoms with Crippen molar-refractivity contribution in [3.05, 3.63) is 77.5 Å². The number of nitrogens with one attached hydrogen (secondary N) is 1. The summed E-state index contributed by atoms with van der Waals surface area (Å²) in [5.41, 5.74) is 0.864. The molecule has 0 saturated carbocycles. The van der Waals surface area contributed by atoms with Gasteiger partial charge in [0, 0.05) is 18.0 Å². The molecule has 0 saturated heterocycles. The minimum atomic E-state index is -4.40. The SMILES string of the molecule is N#Cc1ccc(Nc2nccc(OCc3cccc(C(F)(F)F)c3)n2)cc1. The third-order valence-corrected chi connectivity index (χ3v) is 3.54. The van der Waals surface area contributed by atoms with E-state index in [0.717, 1.165) is 12.1 Å². The first-order chi connectivity index (χ1) is 12.9. The van der Waals surface area contributed by atoms with Gasteiger partial charge in [0.1, 0.15) is 6.61 Å². The van der Waals surface area contributed by atoms with Gasteiger partial charge in [-0.25, -0.2) is 4.98 Å². The highest BCUT2D eigenvalue weighted by Crippen LogP contribution is 2.29. The molecule has 0 aliphatic heterocycles. The minimum absolute atomic E-state index is 0.0583. The Balaban J connectivity index is 1.66. The summed E-state index contributed by atoms with van der Waals surface area (Å²) in [5.74, 6) is 0.486. The van der Waals surface area contributed by atoms with Gasteiger partial charge in [-0.05, 0) is 42.0 Å². The van der Waals surface area contributed by atoms with Crippen molar-refractivity contribution >= 4 is 11.6 Å². The van der Waals surface area contributed by atoms with E-state index in [4.69, 9.17) is 10.00 Å². The molecule has 3 aromatic rings. The van der Waals surface area contributed by atoms with Crippen LogP contribution in [0.5, 0.6) is 5.88 Å². The zero-order valence-corrected chi connectivity index (χ0v) is 13.9. The molecule has 0 spiro atoms. The van der Waals surface area contributed by atoms with Crippen LogP contribution in [0.15, 0.2) is 60.8 Å². The van der Waals surface area contributed by atoms with Gasteiger partial charge in [-0.2, -0.15) is 23.4 Å². The molecule has 0 aliphatic carbocycles. The maximum atomic E-state index is 12.8. The molecule has 1 heterocycles. The predicted molar refractivity (Wildman–Crippen MR) is 92.2 cm³/mol. The lowest BCUT2D eigenvalue weighted by Crippen LogP contribution is -2.06. The van der Waals surface area contributed by atoms with E-state index < -0.39 is 11.7 Å². The van der Waals surface area contributed by atoms with Crippen LogP contribution in [0.1, 0.15) is 16.7 Å². The average Bonchev–Trinajstić information content (AvgIpc) is 2.67. The summed E-state index contributed by atoms with van der Waals surface area (Å²) < 4.78 is 43.7. The Hall–Kier alpha value is -3.60. The largest absolute Gasteiger partial charge is 0.473 e. The van der Waals surface area contributed by atoms with Crippen LogP contribution in [-0.4, -0.2) is 9.97 Å². The molecule has 136 valence electrons. The second-order valence-corrected chi connectivity index (χ2v) is 5.52. The maximum absolute atomic E-state index is 12.8. The molecule has 0 fully saturated rings. The van der Waals surface area contributed by atoms with E-state index in [1.807, 2.05) is 6.07 Å². The first kappa shape index (κ1) is 18.2. The lowest BCUT2D eigenvalue weighted by molar-refractivity contribution is -0.137. The molecule has 5 nitrogen and oxygen atoms in total. The van der Waals surface area contributed by atoms with Crippen molar-refractivity contribution in [3.63, 3.8) is 0 Å². The second-order valence-electron chi connectivity index (χ2n) is 5.52. The highest BCUT2D eigenvalue weighted by molar-refractivity contribution is 5.54. The van der Waals surface area contributed by atoms with Gasteiger partial charge in [0.15, 0.2) is 0 Å². The molecule has 0 radical (unpaired) electrons. The molecule has 0 bridgehead atoms. The number of hydrogen-bond acceptors (Lipinski definition) is 5. The van der Waals surface area contributed by atoms with Crippen LogP contribution in [0.2, 0.25) is 0 Å². The third-order valence-electron chi connectivity index (χ3n) is 3.54. The molecular formula is C19H13F3N4O. The van der Waals surface area contributed by atoms with Gasteiger partial charge < -0.3 is 10.1 Å². The van der Waals surface area contributed by atoms with Crippen molar-refractivity contribution in [3.8, 4) is 11.9 Å². The monoisotopic (exact) mass is 370 g/mol. The number of benzene rings is 2. The molecule has 0 amide bonds. The van der Waals surface area contributed by atoms with Crippen molar-refractivity contribution in [1.82, 2.24) is 9.97 Å². The van der Waals surface area contributed by atoms with E-state index in [1.54, 1.807) is 30.3 Å². The first-order valence-corrected chi connectivity index (χ1v) is 7.83. The fourth-order valence-corrected chi connectivity index (χ4v) is 2.23. The Morgan fingerprint density at radius 2 is 1.85 bits per heavy atom. The highest BCUT2D eigenvalue weighted by Gasteiger charge is 2.30. The van der Waals surface area contributed by atoms with Crippen LogP contribution < -0.4 is 10.1 Å². The zero-order valence-electron chi connectivity index (χ0n) is 13.9. The summed E-state index contributed by atoms with van der Waals surface area (Å²) >= 11 is 0. The Labute approximate surface area is 153 Å². The van der Waals surface area contributed by atoms with Gasteiger partial charge >= 0.3 is 6.18 Å². The first-order valence-electron chi connectivity index (χ1n) is 7.83. The van der Waals surface area contributed by atoms with Crippen LogP contribution in [-0.2, 0) is 12.8 Å². The minimum Gasteiger partial charge on any atom is -0.473 e. The number of aromatic nitrogens is 2. The summed E-state index contributed by atoms with van der Waals surface area (Å²) in [7, 11) is 0. The average molecular weight is 370 g/mol. The molecule has 1 N–H and O–H groups in total. The van der Waals surface area contributed by atoms with Crippen LogP contribution >= 0.6 is 0 Å². The van der Waals surface area contributed by atoms with Crippen molar-refractivity contribution < 1.29 is 17.9 Å². The van der Waals surface area contributed by atoms with E-state index >= 15 is 0 Å². The van der Waals surface area contributed by atoms with E-state index in [1.165, 1.54) is 18.3 Å². The summed E-state index contributed by atoms with van der Waals surface area (Å²) in [6, 6.07) is 15.2. The topological polar surface area (TPSA) is 70.8 Å². The summed E-state index contributed by atoms with van der Waals surface area (Å²) in [6.07, 6.45) is -2.93. The van der Waals surface area contributed by atoms with Crippen LogP contribution in [0.25, 0.3) is 0 Å². The smallest absolute Gasteiger partial charge is 0.416 e. The molecule has 3 rings (SSSR count). The molecular weight excluding hydrogens is 357 g/mol. The zero-order chi connectivity index (χ0) is 19.3. The lowest BCUT2D eigenvalue weighted by Gasteiger charge is -2.10. The number of rotatable bonds is 5. The van der Waals surface area contributed by atoms with Crippen LogP contribution in [0.3, 0.4) is 0 Å². The summed E-state index contributed by atoms with van der Waals surface area (Å²) in [6.45, 7) is -0.0583. The molecule has 0 atom stereocenters. The quantitative estimate of drug-likeness (QED) is 0.706. The van der Waals surface area contributed by atoms with Gasteiger partial charge in [-0.3, -0.25) is 0 Å². The van der Waals surface area contributed by atoms with Crippen LogP contribution in [0.4, 0.5) is 24.8 Å². The van der Waals surface area contributed by atoms with Gasteiger partial charge in [-0.1, -0.05) is 12.1 Å². The standard InChI is InChI=1S/C19H13F3N4O/c20-19(21,22)15-3-1-2-14(10-15)12-27-17-8-9-24-18(26-17)25-16-6-4-13(11-23)5-7-16/h1-10H,12H2,(H,24,25,26). The van der Waals surface area contributed by atoms with Gasteiger partial charge in [-0.15, -0.1) is 0 Å². The van der Waals surface area contributed by atoms with Gasteiger partial charge in [0.05, 0.1) is 17.2 Å². The third kappa shape index (κ3) is 4.95. The van der Waals surface area contributed by atoms with E-state index in [-0.39, 0.29) is 18.4 Å². The fraction of sp³-hybridized carbons (Fsp3) is 0.105. The number of ether oxygens (including phenoxy) is 1. The summed E-state index contributed by atoms with van der Waals surface area (Å²) in [4.78, 5) is 8.23. The van der Waals surface area contributed by atoms with Gasteiger partial charge in [0.25, 0.3) is 0 Å². The fourth-order valence-electron chi connectivity index (χ4n) is 2.23. The lowest BCUT2D eigenvalue weighted by atomic mass is 10.1. The Morgan fingerprint density at radius 3 is 2.56 bits per heavy atom. The predicted octanol–water partition coefficient (Wildman–Crippen LogP) is 4.69. The van der Waals surface area contributed by atoms with Crippen molar-refractivity contribution in [1.29, 1.82) is 5.26 Å². The Morgan fingerprint density at radius 1 is 1.07 bits per heavy atom. The number of hydrogen-bond donors (Lipinski definition) is 1. The Bertz CT molecular complexity index is 966. The van der Waals surface area contributed by atoms with Crippen molar-refractivity contribution in [2.45, 2.75) is 12.8 Å². The number of nitrogens with zero attached hydrogens (tertiary/aromatic N) is 3. The van der Waals surface area contributed by atoms with E-state index in [0.29, 0.717) is 16.8 Å². The number of anilines is 2. The van der Waals surface area contributed by atoms with Crippen molar-refractivity contribution in [2.75, 3.05) is 5.32 Å². The van der Waals surface area contributed by atoms with E-state index in [9.17, 15) is 13.2 Å². The molecule has 2 aromatic carbocycles. The molecule has 0 unspecified atom stereocenters. The number of nitriles is 1. The molecule has 0 aliphatic rings. The molecule has 1 aromatic heterocycles. The second kappa shape index (κ2) is 7.74. The molecule has 27 heavy (non-hydrogen) atoms. The van der Waals surface area contributed by atoms with E-state index in [2.05, 4.69) is 15.3 Å². The number of halogens is 3. The van der Waals surface area contributed by atoms with Gasteiger partial charge in [0.2, 0.25) is 11.8 Å². The van der Waals surface area contributed by atoms with Crippen molar-refractivity contribution in [2.24, 2.45) is 0 Å². The maximum Gasteiger partial charge on any atom is 0.416 e. The summed E-state index contributed by atoms with van der Waals surface area (Å²) in [5, 5.41) is 11.8. The number of alkyl halides is 3. The normalized spacial score (nSPS) is 10.9. The highest BCUT2D eigenvalue weighted by atomic mass is 19.4. The van der Waals surface area contributed by atoms with Crippen LogP contribution in [0, 0.1) is 11.3 Å². The Kier molecular flexibility index (Phi) is 5.22.